The second kappa shape index (κ2) is 47.8. The van der Waals surface area contributed by atoms with Gasteiger partial charge < -0.3 is 69.8 Å². The second-order valence-electron chi connectivity index (χ2n) is 22.2. The van der Waals surface area contributed by atoms with Gasteiger partial charge in [-0.1, -0.05) is 153 Å². The Labute approximate surface area is 567 Å². The van der Waals surface area contributed by atoms with Gasteiger partial charge in [-0.3, -0.25) is 28.8 Å². The summed E-state index contributed by atoms with van der Waals surface area (Å²) in [6.07, 6.45) is 25.1. The maximum Gasteiger partial charge on any atom is 0.252 e. The molecule has 6 N–H and O–H groups in total. The van der Waals surface area contributed by atoms with Crippen LogP contribution in [0.25, 0.3) is 0 Å². The summed E-state index contributed by atoms with van der Waals surface area (Å²) >= 11 is 0. The summed E-state index contributed by atoms with van der Waals surface area (Å²) in [6, 6.07) is 17.8. The fourth-order valence-corrected chi connectivity index (χ4v) is 9.63. The predicted molar refractivity (Wildman–Crippen MR) is 378 cm³/mol. The van der Waals surface area contributed by atoms with Crippen LogP contribution in [0.4, 0.5) is 0 Å². The molecule has 0 bridgehead atoms. The predicted octanol–water partition coefficient (Wildman–Crippen LogP) is 12.4. The van der Waals surface area contributed by atoms with E-state index in [0.717, 1.165) is 64.2 Å². The van der Waals surface area contributed by atoms with Crippen molar-refractivity contribution in [2.45, 2.75) is 115 Å². The van der Waals surface area contributed by atoms with Crippen molar-refractivity contribution in [1.82, 2.24) is 31.9 Å². The van der Waals surface area contributed by atoms with Gasteiger partial charge in [0.1, 0.15) is 111 Å². The molecule has 4 aromatic rings. The topological polar surface area (TPSA) is 248 Å². The molecule has 20 heteroatoms. The number of benzene rings is 4. The third kappa shape index (κ3) is 31.8. The first-order valence-electron chi connectivity index (χ1n) is 33.0. The van der Waals surface area contributed by atoms with E-state index in [1.807, 2.05) is 0 Å². The Morgan fingerprint density at radius 3 is 0.698 bits per heavy atom. The summed E-state index contributed by atoms with van der Waals surface area (Å²) in [5, 5.41) is 17.8. The SMILES string of the molecule is C=CCOc1cc(OCC=C)cc(C(=O)NCCCC[C@H](NC(=O)c2cc(OCC=C)cc(OCC=C)c2)C(=O)NCCCCCCCCCCCCNC(=O)[C@H](CCCCNC(=O)c2cc(OCC=C)cc(OCC=C)c2)NC(=O)c2cc(OCC=C)cc(OCC=C)c2)c1. The number of ether oxygens (including phenoxy) is 8. The van der Waals surface area contributed by atoms with E-state index in [0.29, 0.717) is 122 Å². The number of rotatable bonds is 55. The van der Waals surface area contributed by atoms with Crippen LogP contribution in [-0.2, 0) is 9.59 Å². The van der Waals surface area contributed by atoms with Crippen molar-refractivity contribution in [2.75, 3.05) is 79.0 Å². The van der Waals surface area contributed by atoms with Gasteiger partial charge >= 0.3 is 0 Å². The quantitative estimate of drug-likeness (QED) is 0.0178. The Bertz CT molecular complexity index is 2830. The first-order valence-corrected chi connectivity index (χ1v) is 33.0. The lowest BCUT2D eigenvalue weighted by Gasteiger charge is -2.19. The molecule has 0 unspecified atom stereocenters. The summed E-state index contributed by atoms with van der Waals surface area (Å²) in [5.74, 6) is 1.21. The minimum atomic E-state index is -0.870. The molecule has 0 aliphatic rings. The molecule has 4 aromatic carbocycles. The smallest absolute Gasteiger partial charge is 0.252 e. The zero-order valence-electron chi connectivity index (χ0n) is 55.9. The van der Waals surface area contributed by atoms with Crippen molar-refractivity contribution >= 4 is 35.4 Å². The first-order chi connectivity index (χ1) is 46.8. The number of carbonyl (C=O) groups excluding carboxylic acids is 6. The lowest BCUT2D eigenvalue weighted by atomic mass is 10.1. The largest absolute Gasteiger partial charge is 0.489 e. The number of hydrogen-bond acceptors (Lipinski definition) is 14. The molecular formula is C76H100N6O14. The van der Waals surface area contributed by atoms with Crippen molar-refractivity contribution in [3.8, 4) is 46.0 Å². The van der Waals surface area contributed by atoms with Crippen molar-refractivity contribution < 1.29 is 66.7 Å². The molecule has 518 valence electrons. The van der Waals surface area contributed by atoms with Crippen molar-refractivity contribution in [2.24, 2.45) is 0 Å². The summed E-state index contributed by atoms with van der Waals surface area (Å²) < 4.78 is 45.7. The Balaban J connectivity index is 1.24. The molecule has 6 amide bonds. The molecule has 96 heavy (non-hydrogen) atoms. The summed E-state index contributed by atoms with van der Waals surface area (Å²) in [5.41, 5.74) is 1.21. The van der Waals surface area contributed by atoms with Gasteiger partial charge in [-0.2, -0.15) is 0 Å². The van der Waals surface area contributed by atoms with Gasteiger partial charge in [-0.15, -0.1) is 0 Å². The van der Waals surface area contributed by atoms with Crippen molar-refractivity contribution in [1.29, 1.82) is 0 Å². The number of amides is 6. The highest BCUT2D eigenvalue weighted by atomic mass is 16.5. The van der Waals surface area contributed by atoms with Gasteiger partial charge in [-0.25, -0.2) is 0 Å². The zero-order chi connectivity index (χ0) is 69.4. The van der Waals surface area contributed by atoms with Crippen LogP contribution in [0.15, 0.2) is 174 Å². The average Bonchev–Trinajstić information content (AvgIpc) is 1.07. The van der Waals surface area contributed by atoms with E-state index in [9.17, 15) is 28.8 Å². The van der Waals surface area contributed by atoms with Gasteiger partial charge in [0.05, 0.1) is 0 Å². The highest BCUT2D eigenvalue weighted by molar-refractivity contribution is 5.99. The summed E-state index contributed by atoms with van der Waals surface area (Å²) in [4.78, 5) is 81.8. The molecule has 0 aliphatic carbocycles. The minimum Gasteiger partial charge on any atom is -0.489 e. The third-order valence-electron chi connectivity index (χ3n) is 14.4. The van der Waals surface area contributed by atoms with E-state index in [1.54, 1.807) is 121 Å². The third-order valence-corrected chi connectivity index (χ3v) is 14.4. The van der Waals surface area contributed by atoms with Gasteiger partial charge in [-0.05, 0) is 99.9 Å². The van der Waals surface area contributed by atoms with E-state index in [2.05, 4.69) is 84.5 Å². The fraction of sp³-hybridized carbons (Fsp3) is 0.395. The van der Waals surface area contributed by atoms with Crippen LogP contribution in [-0.4, -0.2) is 127 Å². The molecule has 0 saturated carbocycles. The van der Waals surface area contributed by atoms with E-state index in [4.69, 9.17) is 37.9 Å². The Hall–Kier alpha value is -9.98. The van der Waals surface area contributed by atoms with Crippen molar-refractivity contribution in [3.05, 3.63) is 196 Å². The average molecular weight is 1320 g/mol. The normalized spacial score (nSPS) is 11.1. The molecule has 2 atom stereocenters. The van der Waals surface area contributed by atoms with Gasteiger partial charge in [0.2, 0.25) is 11.8 Å². The van der Waals surface area contributed by atoms with Crippen LogP contribution in [0.5, 0.6) is 46.0 Å². The first kappa shape index (κ1) is 78.5. The molecule has 4 rings (SSSR count). The lowest BCUT2D eigenvalue weighted by molar-refractivity contribution is -0.123. The molecule has 0 radical (unpaired) electrons. The van der Waals surface area contributed by atoms with Crippen LogP contribution in [0, 0.1) is 0 Å². The molecule has 20 nitrogen and oxygen atoms in total. The fourth-order valence-electron chi connectivity index (χ4n) is 9.63. The van der Waals surface area contributed by atoms with Gasteiger partial charge in [0, 0.05) is 72.7 Å². The Kier molecular flexibility index (Phi) is 39.1. The summed E-state index contributed by atoms with van der Waals surface area (Å²) in [6.45, 7) is 33.0. The lowest BCUT2D eigenvalue weighted by Crippen LogP contribution is -2.47. The van der Waals surface area contributed by atoms with Crippen LogP contribution in [0.3, 0.4) is 0 Å². The van der Waals surface area contributed by atoms with Crippen LogP contribution >= 0.6 is 0 Å². The zero-order valence-corrected chi connectivity index (χ0v) is 55.9. The molecule has 0 fully saturated rings. The maximum atomic E-state index is 13.8. The highest BCUT2D eigenvalue weighted by Gasteiger charge is 2.24. The Morgan fingerprint density at radius 2 is 0.469 bits per heavy atom. The molecule has 0 saturated heterocycles. The standard InChI is InChI=1S/C76H100N6O14/c1-9-37-89-61-45-57(46-62(53-61)90-38-10-2)71(83)77-35-29-25-31-69(81-73(85)59-49-65(93-41-13-5)55-66(50-59)94-42-14-6)75(87)79-33-27-23-21-19-17-18-20-22-24-28-34-80-76(88)70(82-74(86)60-51-67(95-43-15-7)56-68(52-60)96-44-16-8)32-26-30-36-78-72(84)58-47-63(91-39-11-3)54-64(48-58)92-40-12-4/h9-16,45-56,69-70H,1-8,17-44H2,(H,77,83)(H,78,84)(H,79,87)(H,80,88)(H,81,85)(H,82,86)/t69-,70-/m0/s1. The van der Waals surface area contributed by atoms with E-state index >= 15 is 0 Å². The monoisotopic (exact) mass is 1320 g/mol. The molecular weight excluding hydrogens is 1220 g/mol. The molecule has 0 heterocycles. The van der Waals surface area contributed by atoms with E-state index in [-0.39, 0.29) is 87.6 Å². The van der Waals surface area contributed by atoms with Gasteiger partial charge in [0.15, 0.2) is 0 Å². The summed E-state index contributed by atoms with van der Waals surface area (Å²) in [7, 11) is 0. The van der Waals surface area contributed by atoms with E-state index < -0.39 is 23.9 Å². The number of unbranched alkanes of at least 4 members (excludes halogenated alkanes) is 11. The Morgan fingerprint density at radius 1 is 0.271 bits per heavy atom. The molecule has 0 aromatic heterocycles. The van der Waals surface area contributed by atoms with Crippen LogP contribution in [0.2, 0.25) is 0 Å². The van der Waals surface area contributed by atoms with Crippen LogP contribution < -0.4 is 69.8 Å². The van der Waals surface area contributed by atoms with E-state index in [1.165, 1.54) is 0 Å². The van der Waals surface area contributed by atoms with Crippen molar-refractivity contribution in [3.63, 3.8) is 0 Å². The second-order valence-corrected chi connectivity index (χ2v) is 22.2. The number of nitrogens with one attached hydrogen (secondary N) is 6. The molecule has 0 spiro atoms. The van der Waals surface area contributed by atoms with Gasteiger partial charge in [0.25, 0.3) is 23.6 Å². The minimum absolute atomic E-state index is 0.212. The molecule has 0 aliphatic heterocycles. The number of hydrogen-bond donors (Lipinski definition) is 6. The van der Waals surface area contributed by atoms with Crippen LogP contribution in [0.1, 0.15) is 144 Å². The highest BCUT2D eigenvalue weighted by Crippen LogP contribution is 2.28. The maximum absolute atomic E-state index is 13.8. The number of carbonyl (C=O) groups is 6.